The second kappa shape index (κ2) is 4.58. The lowest BCUT2D eigenvalue weighted by molar-refractivity contribution is -0.140. The van der Waals surface area contributed by atoms with E-state index in [1.807, 2.05) is 14.1 Å². The molecular formula is C9H17NO3. The van der Waals surface area contributed by atoms with E-state index in [9.17, 15) is 4.79 Å². The number of carboxylic acid groups (broad SMARTS) is 1. The summed E-state index contributed by atoms with van der Waals surface area (Å²) in [5.74, 6) is -0.594. The number of rotatable bonds is 3. The second-order valence-electron chi connectivity index (χ2n) is 3.75. The predicted molar refractivity (Wildman–Crippen MR) is 48.7 cm³/mol. The van der Waals surface area contributed by atoms with Crippen LogP contribution in [0.5, 0.6) is 0 Å². The van der Waals surface area contributed by atoms with Crippen molar-refractivity contribution in [3.63, 3.8) is 0 Å². The first-order valence-corrected chi connectivity index (χ1v) is 4.57. The zero-order valence-corrected chi connectivity index (χ0v) is 8.19. The molecule has 0 saturated carbocycles. The van der Waals surface area contributed by atoms with Gasteiger partial charge in [-0.3, -0.25) is 4.79 Å². The van der Waals surface area contributed by atoms with Crippen molar-refractivity contribution in [2.24, 2.45) is 5.92 Å². The molecule has 1 heterocycles. The Morgan fingerprint density at radius 2 is 2.31 bits per heavy atom. The van der Waals surface area contributed by atoms with Crippen LogP contribution in [0.4, 0.5) is 0 Å². The first-order chi connectivity index (χ1) is 6.11. The molecule has 1 saturated heterocycles. The highest BCUT2D eigenvalue weighted by molar-refractivity contribution is 5.67. The molecule has 0 bridgehead atoms. The third-order valence-corrected chi connectivity index (χ3v) is 2.53. The van der Waals surface area contributed by atoms with E-state index < -0.39 is 5.97 Å². The summed E-state index contributed by atoms with van der Waals surface area (Å²) >= 11 is 0. The molecule has 2 atom stereocenters. The highest BCUT2D eigenvalue weighted by atomic mass is 16.5. The van der Waals surface area contributed by atoms with Crippen molar-refractivity contribution in [3.8, 4) is 0 Å². The van der Waals surface area contributed by atoms with Crippen LogP contribution in [0.2, 0.25) is 0 Å². The van der Waals surface area contributed by atoms with Gasteiger partial charge in [0.05, 0.1) is 13.0 Å². The summed E-state index contributed by atoms with van der Waals surface area (Å²) in [6.07, 6.45) is 1.15. The monoisotopic (exact) mass is 187 g/mol. The molecule has 2 unspecified atom stereocenters. The Morgan fingerprint density at radius 1 is 1.62 bits per heavy atom. The van der Waals surface area contributed by atoms with E-state index in [1.54, 1.807) is 0 Å². The molecule has 1 fully saturated rings. The van der Waals surface area contributed by atoms with Gasteiger partial charge in [0.15, 0.2) is 0 Å². The van der Waals surface area contributed by atoms with Crippen LogP contribution >= 0.6 is 0 Å². The van der Waals surface area contributed by atoms with Gasteiger partial charge in [-0.1, -0.05) is 0 Å². The summed E-state index contributed by atoms with van der Waals surface area (Å²) < 4.78 is 5.27. The molecule has 1 aliphatic rings. The summed E-state index contributed by atoms with van der Waals surface area (Å²) in [4.78, 5) is 12.7. The molecule has 0 aromatic carbocycles. The Hall–Kier alpha value is -0.610. The summed E-state index contributed by atoms with van der Waals surface area (Å²) in [6.45, 7) is 1.33. The minimum absolute atomic E-state index is 0.140. The predicted octanol–water partition coefficient (Wildman–Crippen LogP) is 0.428. The van der Waals surface area contributed by atoms with Crippen molar-refractivity contribution < 1.29 is 14.6 Å². The zero-order chi connectivity index (χ0) is 9.84. The fourth-order valence-electron chi connectivity index (χ4n) is 1.88. The molecule has 4 nitrogen and oxygen atoms in total. The normalized spacial score (nSPS) is 29.2. The fourth-order valence-corrected chi connectivity index (χ4v) is 1.88. The highest BCUT2D eigenvalue weighted by Crippen LogP contribution is 2.21. The summed E-state index contributed by atoms with van der Waals surface area (Å²) in [5, 5.41) is 8.69. The van der Waals surface area contributed by atoms with Gasteiger partial charge in [-0.2, -0.15) is 0 Å². The number of aliphatic carboxylic acids is 1. The standard InChI is InChI=1S/C9H17NO3/c1-10(2)8-3-4-13-6-7(8)5-9(11)12/h7-8H,3-6H2,1-2H3,(H,11,12). The van der Waals surface area contributed by atoms with Crippen LogP contribution in [0.25, 0.3) is 0 Å². The van der Waals surface area contributed by atoms with Gasteiger partial charge < -0.3 is 14.7 Å². The number of ether oxygens (including phenoxy) is 1. The Morgan fingerprint density at radius 3 is 2.85 bits per heavy atom. The Bertz CT molecular complexity index is 182. The maximum atomic E-state index is 10.6. The van der Waals surface area contributed by atoms with Crippen LogP contribution in [-0.2, 0) is 9.53 Å². The third kappa shape index (κ3) is 2.97. The lowest BCUT2D eigenvalue weighted by Crippen LogP contribution is -2.42. The minimum atomic E-state index is -0.734. The van der Waals surface area contributed by atoms with Gasteiger partial charge in [0.1, 0.15) is 0 Å². The van der Waals surface area contributed by atoms with Gasteiger partial charge in [0, 0.05) is 18.6 Å². The highest BCUT2D eigenvalue weighted by Gasteiger charge is 2.28. The zero-order valence-electron chi connectivity index (χ0n) is 8.19. The largest absolute Gasteiger partial charge is 0.481 e. The third-order valence-electron chi connectivity index (χ3n) is 2.53. The Labute approximate surface area is 78.5 Å². The van der Waals surface area contributed by atoms with Crippen LogP contribution < -0.4 is 0 Å². The lowest BCUT2D eigenvalue weighted by atomic mass is 9.92. The molecule has 1 N–H and O–H groups in total. The van der Waals surface area contributed by atoms with E-state index in [2.05, 4.69) is 4.90 Å². The lowest BCUT2D eigenvalue weighted by Gasteiger charge is -2.35. The molecular weight excluding hydrogens is 170 g/mol. The van der Waals surface area contributed by atoms with Gasteiger partial charge >= 0.3 is 5.97 Å². The average Bonchev–Trinajstić information content (AvgIpc) is 2.03. The number of hydrogen-bond donors (Lipinski definition) is 1. The van der Waals surface area contributed by atoms with E-state index in [0.717, 1.165) is 13.0 Å². The van der Waals surface area contributed by atoms with E-state index in [-0.39, 0.29) is 12.3 Å². The van der Waals surface area contributed by atoms with Crippen LogP contribution in [0.15, 0.2) is 0 Å². The molecule has 0 aromatic heterocycles. The van der Waals surface area contributed by atoms with Gasteiger partial charge in [0.2, 0.25) is 0 Å². The molecule has 4 heteroatoms. The van der Waals surface area contributed by atoms with Crippen molar-refractivity contribution >= 4 is 5.97 Å². The maximum Gasteiger partial charge on any atom is 0.303 e. The number of carbonyl (C=O) groups is 1. The molecule has 0 aromatic rings. The van der Waals surface area contributed by atoms with Gasteiger partial charge in [0.25, 0.3) is 0 Å². The van der Waals surface area contributed by atoms with Gasteiger partial charge in [-0.25, -0.2) is 0 Å². The van der Waals surface area contributed by atoms with Crippen LogP contribution in [0, 0.1) is 5.92 Å². The molecule has 13 heavy (non-hydrogen) atoms. The Balaban J connectivity index is 2.51. The Kier molecular flexibility index (Phi) is 3.69. The van der Waals surface area contributed by atoms with Crippen molar-refractivity contribution in [2.75, 3.05) is 27.3 Å². The van der Waals surface area contributed by atoms with Gasteiger partial charge in [-0.15, -0.1) is 0 Å². The quantitative estimate of drug-likeness (QED) is 0.696. The number of carboxylic acids is 1. The fraction of sp³-hybridized carbons (Fsp3) is 0.889. The topological polar surface area (TPSA) is 49.8 Å². The van der Waals surface area contributed by atoms with E-state index >= 15 is 0 Å². The summed E-state index contributed by atoms with van der Waals surface area (Å²) in [5.41, 5.74) is 0. The molecule has 0 radical (unpaired) electrons. The van der Waals surface area contributed by atoms with Crippen LogP contribution in [-0.4, -0.2) is 49.3 Å². The molecule has 0 amide bonds. The minimum Gasteiger partial charge on any atom is -0.481 e. The first kappa shape index (κ1) is 10.5. The summed E-state index contributed by atoms with van der Waals surface area (Å²) in [7, 11) is 3.98. The smallest absolute Gasteiger partial charge is 0.303 e. The SMILES string of the molecule is CN(C)C1CCOCC1CC(=O)O. The van der Waals surface area contributed by atoms with Gasteiger partial charge in [-0.05, 0) is 20.5 Å². The van der Waals surface area contributed by atoms with E-state index in [0.29, 0.717) is 12.6 Å². The van der Waals surface area contributed by atoms with Crippen LogP contribution in [0.3, 0.4) is 0 Å². The molecule has 76 valence electrons. The second-order valence-corrected chi connectivity index (χ2v) is 3.75. The maximum absolute atomic E-state index is 10.6. The van der Waals surface area contributed by atoms with Crippen LogP contribution in [0.1, 0.15) is 12.8 Å². The first-order valence-electron chi connectivity index (χ1n) is 4.57. The summed E-state index contributed by atoms with van der Waals surface area (Å²) in [6, 6.07) is 0.352. The molecule has 1 rings (SSSR count). The van der Waals surface area contributed by atoms with E-state index in [1.165, 1.54) is 0 Å². The van der Waals surface area contributed by atoms with Crippen molar-refractivity contribution in [3.05, 3.63) is 0 Å². The average molecular weight is 187 g/mol. The molecule has 0 aliphatic carbocycles. The number of nitrogens with zero attached hydrogens (tertiary/aromatic N) is 1. The van der Waals surface area contributed by atoms with Crippen molar-refractivity contribution in [1.82, 2.24) is 4.90 Å². The molecule has 1 aliphatic heterocycles. The molecule has 0 spiro atoms. The van der Waals surface area contributed by atoms with Crippen molar-refractivity contribution in [1.29, 1.82) is 0 Å². The number of hydrogen-bond acceptors (Lipinski definition) is 3. The van der Waals surface area contributed by atoms with E-state index in [4.69, 9.17) is 9.84 Å². The van der Waals surface area contributed by atoms with Crippen molar-refractivity contribution in [2.45, 2.75) is 18.9 Å².